The van der Waals surface area contributed by atoms with Crippen LogP contribution < -0.4 is 10.1 Å². The minimum atomic E-state index is -0.302. The van der Waals surface area contributed by atoms with Crippen LogP contribution in [-0.4, -0.2) is 32.9 Å². The van der Waals surface area contributed by atoms with Gasteiger partial charge in [0.15, 0.2) is 0 Å². The third-order valence-corrected chi connectivity index (χ3v) is 3.54. The van der Waals surface area contributed by atoms with Crippen LogP contribution in [0.1, 0.15) is 6.42 Å². The quantitative estimate of drug-likeness (QED) is 0.818. The average molecular weight is 318 g/mol. The van der Waals surface area contributed by atoms with Crippen LogP contribution in [-0.2, 0) is 4.74 Å². The van der Waals surface area contributed by atoms with Crippen LogP contribution in [0.25, 0.3) is 0 Å². The number of hydrogen-bond acceptors (Lipinski definition) is 3. The van der Waals surface area contributed by atoms with Gasteiger partial charge < -0.3 is 14.8 Å². The molecule has 3 nitrogen and oxygen atoms in total. The normalized spacial score (nSPS) is 19.1. The first-order valence-corrected chi connectivity index (χ1v) is 6.91. The van der Waals surface area contributed by atoms with Gasteiger partial charge in [0.1, 0.15) is 18.2 Å². The first kappa shape index (κ1) is 13.8. The molecule has 1 unspecified atom stereocenters. The Morgan fingerprint density at radius 2 is 2.39 bits per heavy atom. The molecule has 18 heavy (non-hydrogen) atoms. The Hall–Kier alpha value is -0.650. The topological polar surface area (TPSA) is 30.5 Å². The van der Waals surface area contributed by atoms with Gasteiger partial charge in [-0.2, -0.15) is 0 Å². The van der Waals surface area contributed by atoms with E-state index in [4.69, 9.17) is 9.47 Å². The van der Waals surface area contributed by atoms with Crippen LogP contribution in [0.4, 0.5) is 4.39 Å². The predicted octanol–water partition coefficient (Wildman–Crippen LogP) is 2.59. The fraction of sp³-hybridized carbons (Fsp3) is 0.538. The molecule has 0 saturated carbocycles. The summed E-state index contributed by atoms with van der Waals surface area (Å²) in [6, 6.07) is 4.78. The number of halogens is 2. The van der Waals surface area contributed by atoms with Crippen LogP contribution in [0, 0.1) is 11.7 Å². The zero-order valence-electron chi connectivity index (χ0n) is 10.1. The minimum absolute atomic E-state index is 0.302. The molecule has 0 amide bonds. The molecule has 0 aromatic heterocycles. The van der Waals surface area contributed by atoms with Crippen molar-refractivity contribution in [3.8, 4) is 5.75 Å². The summed E-state index contributed by atoms with van der Waals surface area (Å²) in [5, 5.41) is 3.32. The smallest absolute Gasteiger partial charge is 0.141 e. The van der Waals surface area contributed by atoms with Gasteiger partial charge in [-0.3, -0.25) is 0 Å². The van der Waals surface area contributed by atoms with Crippen LogP contribution in [0.15, 0.2) is 22.7 Å². The molecule has 0 bridgehead atoms. The standard InChI is InChI=1S/C13H17BrFNO2/c14-12-2-1-11(7-13(12)15)18-6-4-16-8-10-3-5-17-9-10/h1-2,7,10,16H,3-6,8-9H2. The molecule has 1 saturated heterocycles. The van der Waals surface area contributed by atoms with Gasteiger partial charge in [0, 0.05) is 25.8 Å². The highest BCUT2D eigenvalue weighted by Gasteiger charge is 2.14. The molecule has 1 aliphatic rings. The fourth-order valence-corrected chi connectivity index (χ4v) is 2.10. The van der Waals surface area contributed by atoms with Crippen LogP contribution >= 0.6 is 15.9 Å². The molecule has 0 spiro atoms. The van der Waals surface area contributed by atoms with E-state index in [2.05, 4.69) is 21.2 Å². The van der Waals surface area contributed by atoms with E-state index in [0.29, 0.717) is 22.7 Å². The molecule has 1 aromatic rings. The summed E-state index contributed by atoms with van der Waals surface area (Å²) in [5.41, 5.74) is 0. The zero-order valence-corrected chi connectivity index (χ0v) is 11.7. The Bertz CT molecular complexity index is 383. The van der Waals surface area contributed by atoms with Gasteiger partial charge in [0.2, 0.25) is 0 Å². The summed E-state index contributed by atoms with van der Waals surface area (Å²) in [7, 11) is 0. The Labute approximate surface area is 115 Å². The van der Waals surface area contributed by atoms with Gasteiger partial charge in [0.25, 0.3) is 0 Å². The maximum atomic E-state index is 13.2. The summed E-state index contributed by atoms with van der Waals surface area (Å²) >= 11 is 3.11. The van der Waals surface area contributed by atoms with Crippen LogP contribution in [0.3, 0.4) is 0 Å². The number of hydrogen-bond donors (Lipinski definition) is 1. The Balaban J connectivity index is 1.61. The number of rotatable bonds is 6. The Kier molecular flexibility index (Phi) is 5.41. The largest absolute Gasteiger partial charge is 0.492 e. The maximum absolute atomic E-state index is 13.2. The van der Waals surface area contributed by atoms with E-state index in [0.717, 1.165) is 32.7 Å². The van der Waals surface area contributed by atoms with Crippen molar-refractivity contribution < 1.29 is 13.9 Å². The number of nitrogens with one attached hydrogen (secondary N) is 1. The molecule has 100 valence electrons. The van der Waals surface area contributed by atoms with Crippen molar-refractivity contribution in [1.29, 1.82) is 0 Å². The molecule has 2 rings (SSSR count). The van der Waals surface area contributed by atoms with Gasteiger partial charge in [-0.05, 0) is 40.4 Å². The van der Waals surface area contributed by atoms with Gasteiger partial charge in [-0.1, -0.05) is 0 Å². The van der Waals surface area contributed by atoms with Crippen molar-refractivity contribution in [1.82, 2.24) is 5.32 Å². The Morgan fingerprint density at radius 1 is 1.50 bits per heavy atom. The second-order valence-electron chi connectivity index (χ2n) is 4.36. The second kappa shape index (κ2) is 7.07. The lowest BCUT2D eigenvalue weighted by molar-refractivity contribution is 0.185. The fourth-order valence-electron chi connectivity index (χ4n) is 1.86. The molecule has 1 heterocycles. The first-order chi connectivity index (χ1) is 8.75. The van der Waals surface area contributed by atoms with Crippen molar-refractivity contribution in [3.63, 3.8) is 0 Å². The third kappa shape index (κ3) is 4.23. The van der Waals surface area contributed by atoms with E-state index >= 15 is 0 Å². The van der Waals surface area contributed by atoms with E-state index in [-0.39, 0.29) is 5.82 Å². The van der Waals surface area contributed by atoms with Gasteiger partial charge in [-0.15, -0.1) is 0 Å². The lowest BCUT2D eigenvalue weighted by atomic mass is 10.1. The highest BCUT2D eigenvalue weighted by molar-refractivity contribution is 9.10. The van der Waals surface area contributed by atoms with E-state index in [1.165, 1.54) is 6.07 Å². The van der Waals surface area contributed by atoms with Crippen LogP contribution in [0.5, 0.6) is 5.75 Å². The van der Waals surface area contributed by atoms with Crippen molar-refractivity contribution in [3.05, 3.63) is 28.5 Å². The highest BCUT2D eigenvalue weighted by atomic mass is 79.9. The van der Waals surface area contributed by atoms with Crippen molar-refractivity contribution >= 4 is 15.9 Å². The molecule has 1 N–H and O–H groups in total. The summed E-state index contributed by atoms with van der Waals surface area (Å²) < 4.78 is 24.4. The third-order valence-electron chi connectivity index (χ3n) is 2.90. The Morgan fingerprint density at radius 3 is 3.11 bits per heavy atom. The zero-order chi connectivity index (χ0) is 12.8. The predicted molar refractivity (Wildman–Crippen MR) is 71.4 cm³/mol. The SMILES string of the molecule is Fc1cc(OCCNCC2CCOC2)ccc1Br. The molecule has 0 radical (unpaired) electrons. The second-order valence-corrected chi connectivity index (χ2v) is 5.21. The summed E-state index contributed by atoms with van der Waals surface area (Å²) in [6.45, 7) is 3.98. The van der Waals surface area contributed by atoms with E-state index in [1.54, 1.807) is 12.1 Å². The molecule has 5 heteroatoms. The number of benzene rings is 1. The molecule has 1 atom stereocenters. The first-order valence-electron chi connectivity index (χ1n) is 6.12. The molecule has 1 fully saturated rings. The van der Waals surface area contributed by atoms with Crippen molar-refractivity contribution in [2.45, 2.75) is 6.42 Å². The van der Waals surface area contributed by atoms with E-state index < -0.39 is 0 Å². The summed E-state index contributed by atoms with van der Waals surface area (Å²) in [4.78, 5) is 0. The summed E-state index contributed by atoms with van der Waals surface area (Å²) in [6.07, 6.45) is 1.13. The molecule has 1 aromatic carbocycles. The van der Waals surface area contributed by atoms with Gasteiger partial charge in [0.05, 0.1) is 11.1 Å². The maximum Gasteiger partial charge on any atom is 0.141 e. The lowest BCUT2D eigenvalue weighted by Gasteiger charge is -2.10. The van der Waals surface area contributed by atoms with Crippen LogP contribution in [0.2, 0.25) is 0 Å². The van der Waals surface area contributed by atoms with Crippen molar-refractivity contribution in [2.24, 2.45) is 5.92 Å². The lowest BCUT2D eigenvalue weighted by Crippen LogP contribution is -2.27. The number of ether oxygens (including phenoxy) is 2. The van der Waals surface area contributed by atoms with Gasteiger partial charge >= 0.3 is 0 Å². The molecule has 1 aliphatic heterocycles. The molecular formula is C13H17BrFNO2. The monoisotopic (exact) mass is 317 g/mol. The molecule has 0 aliphatic carbocycles. The molecular weight excluding hydrogens is 301 g/mol. The minimum Gasteiger partial charge on any atom is -0.492 e. The van der Waals surface area contributed by atoms with Gasteiger partial charge in [-0.25, -0.2) is 4.39 Å². The van der Waals surface area contributed by atoms with Crippen molar-refractivity contribution in [2.75, 3.05) is 32.9 Å². The summed E-state index contributed by atoms with van der Waals surface area (Å²) in [5.74, 6) is 0.875. The highest BCUT2D eigenvalue weighted by Crippen LogP contribution is 2.20. The van der Waals surface area contributed by atoms with E-state index in [9.17, 15) is 4.39 Å². The average Bonchev–Trinajstić information content (AvgIpc) is 2.86. The van der Waals surface area contributed by atoms with E-state index in [1.807, 2.05) is 0 Å².